The van der Waals surface area contributed by atoms with Gasteiger partial charge in [-0.15, -0.1) is 0 Å². The molecule has 0 aromatic rings. The van der Waals surface area contributed by atoms with Gasteiger partial charge in [0.1, 0.15) is 0 Å². The van der Waals surface area contributed by atoms with Crippen molar-refractivity contribution in [2.75, 3.05) is 21.1 Å². The van der Waals surface area contributed by atoms with Gasteiger partial charge in [0.05, 0.1) is 0 Å². The smallest absolute Gasteiger partial charge is 0.0359 e. The fourth-order valence-electron chi connectivity index (χ4n) is 4.86. The summed E-state index contributed by atoms with van der Waals surface area (Å²) in [4.78, 5) is 2.53. The van der Waals surface area contributed by atoms with E-state index in [-0.39, 0.29) is 0 Å². The minimum Gasteiger partial charge on any atom is -0.315 e. The van der Waals surface area contributed by atoms with E-state index in [0.717, 1.165) is 17.8 Å². The first-order valence-electron chi connectivity index (χ1n) is 8.36. The molecule has 2 rings (SSSR count). The van der Waals surface area contributed by atoms with Gasteiger partial charge >= 0.3 is 0 Å². The van der Waals surface area contributed by atoms with Crippen molar-refractivity contribution in [1.29, 1.82) is 0 Å². The Labute approximate surface area is 120 Å². The molecule has 0 spiro atoms. The lowest BCUT2D eigenvalue weighted by molar-refractivity contribution is 0.0490. The Morgan fingerprint density at radius 3 is 2.16 bits per heavy atom. The zero-order valence-corrected chi connectivity index (χ0v) is 13.7. The average molecular weight is 266 g/mol. The van der Waals surface area contributed by atoms with Crippen molar-refractivity contribution in [2.24, 2.45) is 17.8 Å². The summed E-state index contributed by atoms with van der Waals surface area (Å²) in [6, 6.07) is 0.681. The van der Waals surface area contributed by atoms with Crippen LogP contribution in [0.25, 0.3) is 0 Å². The molecule has 2 aliphatic carbocycles. The minimum atomic E-state index is 0.416. The van der Waals surface area contributed by atoms with E-state index in [1.54, 1.807) is 0 Å². The van der Waals surface area contributed by atoms with E-state index in [0.29, 0.717) is 11.6 Å². The molecular weight excluding hydrogens is 232 g/mol. The summed E-state index contributed by atoms with van der Waals surface area (Å²) in [6.07, 6.45) is 9.85. The fourth-order valence-corrected chi connectivity index (χ4v) is 4.86. The van der Waals surface area contributed by atoms with Gasteiger partial charge in [0, 0.05) is 11.6 Å². The van der Waals surface area contributed by atoms with E-state index in [1.165, 1.54) is 44.9 Å². The molecule has 2 heteroatoms. The van der Waals surface area contributed by atoms with Crippen molar-refractivity contribution >= 4 is 0 Å². The molecule has 2 aliphatic rings. The Balaban J connectivity index is 2.14. The summed E-state index contributed by atoms with van der Waals surface area (Å²) < 4.78 is 0. The zero-order valence-electron chi connectivity index (χ0n) is 13.7. The number of hydrogen-bond donors (Lipinski definition) is 1. The number of rotatable bonds is 4. The molecular formula is C17H34N2. The first-order valence-corrected chi connectivity index (χ1v) is 8.36. The van der Waals surface area contributed by atoms with Gasteiger partial charge in [-0.25, -0.2) is 0 Å². The van der Waals surface area contributed by atoms with Crippen LogP contribution in [0.4, 0.5) is 0 Å². The number of hydrogen-bond acceptors (Lipinski definition) is 2. The molecule has 0 aromatic heterocycles. The highest BCUT2D eigenvalue weighted by Gasteiger charge is 2.46. The third kappa shape index (κ3) is 2.85. The topological polar surface area (TPSA) is 15.3 Å². The number of nitrogens with zero attached hydrogens (tertiary/aromatic N) is 1. The van der Waals surface area contributed by atoms with Gasteiger partial charge in [-0.2, -0.15) is 0 Å². The van der Waals surface area contributed by atoms with Crippen LogP contribution in [0.5, 0.6) is 0 Å². The molecule has 0 aromatic carbocycles. The molecule has 0 radical (unpaired) electrons. The Morgan fingerprint density at radius 2 is 1.68 bits per heavy atom. The second kappa shape index (κ2) is 6.13. The summed E-state index contributed by atoms with van der Waals surface area (Å²) in [7, 11) is 6.78. The van der Waals surface area contributed by atoms with Crippen molar-refractivity contribution < 1.29 is 0 Å². The van der Waals surface area contributed by atoms with E-state index in [9.17, 15) is 0 Å². The first kappa shape index (κ1) is 15.3. The highest BCUT2D eigenvalue weighted by atomic mass is 15.2. The predicted octanol–water partition coefficient (Wildman–Crippen LogP) is 3.52. The SMILES string of the molecule is CNC(C1CCC(C)C(C)C1)C1(N(C)C)CCCC1. The predicted molar refractivity (Wildman–Crippen MR) is 83.4 cm³/mol. The fraction of sp³-hybridized carbons (Fsp3) is 1.00. The third-order valence-corrected chi connectivity index (χ3v) is 6.36. The Kier molecular flexibility index (Phi) is 4.94. The molecule has 19 heavy (non-hydrogen) atoms. The van der Waals surface area contributed by atoms with Crippen LogP contribution in [0.1, 0.15) is 58.8 Å². The van der Waals surface area contributed by atoms with Crippen molar-refractivity contribution in [3.05, 3.63) is 0 Å². The van der Waals surface area contributed by atoms with Crippen molar-refractivity contribution in [2.45, 2.75) is 70.4 Å². The highest BCUT2D eigenvalue weighted by molar-refractivity contribution is 5.05. The molecule has 4 unspecified atom stereocenters. The summed E-state index contributed by atoms with van der Waals surface area (Å²) in [5, 5.41) is 3.73. The molecule has 0 bridgehead atoms. The first-order chi connectivity index (χ1) is 9.01. The van der Waals surface area contributed by atoms with Crippen LogP contribution in [0.3, 0.4) is 0 Å². The van der Waals surface area contributed by atoms with Gasteiger partial charge in [-0.05, 0) is 64.6 Å². The lowest BCUT2D eigenvalue weighted by Gasteiger charge is -2.49. The van der Waals surface area contributed by atoms with Gasteiger partial charge < -0.3 is 10.2 Å². The maximum Gasteiger partial charge on any atom is 0.0359 e. The lowest BCUT2D eigenvalue weighted by atomic mass is 9.68. The van der Waals surface area contributed by atoms with E-state index in [2.05, 4.69) is 45.2 Å². The van der Waals surface area contributed by atoms with Crippen LogP contribution in [0.2, 0.25) is 0 Å². The monoisotopic (exact) mass is 266 g/mol. The maximum atomic E-state index is 3.73. The molecule has 4 atom stereocenters. The standard InChI is InChI=1S/C17H34N2/c1-13-8-9-15(12-14(13)2)16(18-3)17(19(4)5)10-6-7-11-17/h13-16,18H,6-12H2,1-5H3. The van der Waals surface area contributed by atoms with Gasteiger partial charge in [0.15, 0.2) is 0 Å². The van der Waals surface area contributed by atoms with Gasteiger partial charge in [-0.3, -0.25) is 0 Å². The second-order valence-corrected chi connectivity index (χ2v) is 7.50. The molecule has 112 valence electrons. The molecule has 0 heterocycles. The molecule has 2 nitrogen and oxygen atoms in total. The number of likely N-dealkylation sites (N-methyl/N-ethyl adjacent to an activating group) is 2. The summed E-state index contributed by atoms with van der Waals surface area (Å²) in [5.74, 6) is 2.69. The third-order valence-electron chi connectivity index (χ3n) is 6.36. The molecule has 2 fully saturated rings. The van der Waals surface area contributed by atoms with E-state index in [4.69, 9.17) is 0 Å². The van der Waals surface area contributed by atoms with E-state index < -0.39 is 0 Å². The molecule has 1 N–H and O–H groups in total. The normalized spacial score (nSPS) is 36.6. The maximum absolute atomic E-state index is 3.73. The van der Waals surface area contributed by atoms with Crippen LogP contribution in [-0.2, 0) is 0 Å². The van der Waals surface area contributed by atoms with Crippen LogP contribution >= 0.6 is 0 Å². The van der Waals surface area contributed by atoms with Crippen LogP contribution in [0, 0.1) is 17.8 Å². The average Bonchev–Trinajstić information content (AvgIpc) is 2.85. The van der Waals surface area contributed by atoms with Crippen molar-refractivity contribution in [3.63, 3.8) is 0 Å². The summed E-state index contributed by atoms with van der Waals surface area (Å²) in [6.45, 7) is 4.90. The highest BCUT2D eigenvalue weighted by Crippen LogP contribution is 2.44. The Bertz CT molecular complexity index is 281. The quantitative estimate of drug-likeness (QED) is 0.837. The molecule has 2 saturated carbocycles. The Morgan fingerprint density at radius 1 is 1.05 bits per heavy atom. The van der Waals surface area contributed by atoms with Crippen LogP contribution in [0.15, 0.2) is 0 Å². The molecule has 0 saturated heterocycles. The van der Waals surface area contributed by atoms with E-state index >= 15 is 0 Å². The minimum absolute atomic E-state index is 0.416. The van der Waals surface area contributed by atoms with Crippen LogP contribution < -0.4 is 5.32 Å². The summed E-state index contributed by atoms with van der Waals surface area (Å²) >= 11 is 0. The Hall–Kier alpha value is -0.0800. The van der Waals surface area contributed by atoms with E-state index in [1.807, 2.05) is 0 Å². The second-order valence-electron chi connectivity index (χ2n) is 7.50. The lowest BCUT2D eigenvalue weighted by Crippen LogP contribution is -2.60. The molecule has 0 aliphatic heterocycles. The van der Waals surface area contributed by atoms with Gasteiger partial charge in [-0.1, -0.05) is 33.1 Å². The largest absolute Gasteiger partial charge is 0.315 e. The van der Waals surface area contributed by atoms with Crippen LogP contribution in [-0.4, -0.2) is 37.6 Å². The van der Waals surface area contributed by atoms with Crippen molar-refractivity contribution in [1.82, 2.24) is 10.2 Å². The van der Waals surface area contributed by atoms with Gasteiger partial charge in [0.25, 0.3) is 0 Å². The summed E-state index contributed by atoms with van der Waals surface area (Å²) in [5.41, 5.74) is 0.416. The van der Waals surface area contributed by atoms with Gasteiger partial charge in [0.2, 0.25) is 0 Å². The zero-order chi connectivity index (χ0) is 14.0. The number of nitrogens with one attached hydrogen (secondary N) is 1. The van der Waals surface area contributed by atoms with Crippen molar-refractivity contribution in [3.8, 4) is 0 Å². The molecule has 0 amide bonds.